The normalized spacial score (nSPS) is 12.9. The molecule has 0 unspecified atom stereocenters. The third-order valence-electron chi connectivity index (χ3n) is 5.83. The second-order valence-electron chi connectivity index (χ2n) is 7.97. The van der Waals surface area contributed by atoms with Crippen LogP contribution in [-0.2, 0) is 15.0 Å². The van der Waals surface area contributed by atoms with E-state index in [1.165, 1.54) is 0 Å². The van der Waals surface area contributed by atoms with Crippen LogP contribution >= 0.6 is 0 Å². The summed E-state index contributed by atoms with van der Waals surface area (Å²) in [5.41, 5.74) is 7.68. The van der Waals surface area contributed by atoms with E-state index < -0.39 is 17.4 Å². The quantitative estimate of drug-likeness (QED) is 0.509. The van der Waals surface area contributed by atoms with Gasteiger partial charge >= 0.3 is 0 Å². The summed E-state index contributed by atoms with van der Waals surface area (Å²) in [6.07, 6.45) is 0.198. The minimum absolute atomic E-state index is 0.0775. The van der Waals surface area contributed by atoms with Crippen molar-refractivity contribution in [1.82, 2.24) is 5.32 Å². The molecule has 0 spiro atoms. The highest BCUT2D eigenvalue weighted by Gasteiger charge is 2.39. The lowest BCUT2D eigenvalue weighted by molar-refractivity contribution is -0.128. The van der Waals surface area contributed by atoms with E-state index >= 15 is 0 Å². The lowest BCUT2D eigenvalue weighted by atomic mass is 9.67. The number of hydrogen-bond acceptors (Lipinski definition) is 3. The van der Waals surface area contributed by atoms with Crippen LogP contribution in [0, 0.1) is 17.2 Å². The Morgan fingerprint density at radius 3 is 1.62 bits per heavy atom. The first-order valence-corrected chi connectivity index (χ1v) is 10.6. The molecule has 3 aromatic rings. The van der Waals surface area contributed by atoms with E-state index in [-0.39, 0.29) is 24.7 Å². The summed E-state index contributed by atoms with van der Waals surface area (Å²) in [5.74, 6) is -1.35. The van der Waals surface area contributed by atoms with Gasteiger partial charge in [0.2, 0.25) is 11.8 Å². The lowest BCUT2D eigenvalue weighted by Gasteiger charge is -2.36. The minimum Gasteiger partial charge on any atom is -0.368 e. The smallest absolute Gasteiger partial charge is 0.240 e. The standard InChI is InChI=1S/C27H27N3O2/c1-20(17-18-28)25(26(29)32)30-24(31)19-27(21-11-5-2-6-12-21,22-13-7-3-8-14-22)23-15-9-4-10-16-23/h2-16,20,25H,17,19H2,1H3,(H2,29,32)(H,30,31)/t20-,25+/m0/s1. The summed E-state index contributed by atoms with van der Waals surface area (Å²) >= 11 is 0. The number of carbonyl (C=O) groups is 2. The Hall–Kier alpha value is -3.91. The molecule has 0 fully saturated rings. The Bertz CT molecular complexity index is 979. The van der Waals surface area contributed by atoms with Crippen LogP contribution in [-0.4, -0.2) is 17.9 Å². The number of rotatable bonds is 9. The molecule has 0 heterocycles. The van der Waals surface area contributed by atoms with Gasteiger partial charge in [-0.25, -0.2) is 0 Å². The van der Waals surface area contributed by atoms with E-state index in [2.05, 4.69) is 5.32 Å². The second kappa shape index (κ2) is 10.4. The highest BCUT2D eigenvalue weighted by Crippen LogP contribution is 2.42. The van der Waals surface area contributed by atoms with Crippen molar-refractivity contribution in [2.45, 2.75) is 31.2 Å². The van der Waals surface area contributed by atoms with Crippen LogP contribution < -0.4 is 11.1 Å². The number of amides is 2. The highest BCUT2D eigenvalue weighted by molar-refractivity contribution is 5.88. The molecule has 0 bridgehead atoms. The molecule has 5 heteroatoms. The topological polar surface area (TPSA) is 96.0 Å². The molecule has 32 heavy (non-hydrogen) atoms. The summed E-state index contributed by atoms with van der Waals surface area (Å²) in [6, 6.07) is 30.7. The van der Waals surface area contributed by atoms with Gasteiger partial charge in [0.05, 0.1) is 11.5 Å². The monoisotopic (exact) mass is 425 g/mol. The molecule has 3 rings (SSSR count). The van der Waals surface area contributed by atoms with Crippen molar-refractivity contribution in [3.8, 4) is 6.07 Å². The van der Waals surface area contributed by atoms with Gasteiger partial charge in [-0.05, 0) is 22.6 Å². The molecule has 162 valence electrons. The van der Waals surface area contributed by atoms with Crippen molar-refractivity contribution in [3.05, 3.63) is 108 Å². The van der Waals surface area contributed by atoms with E-state index in [0.717, 1.165) is 16.7 Å². The summed E-state index contributed by atoms with van der Waals surface area (Å²) < 4.78 is 0. The zero-order valence-electron chi connectivity index (χ0n) is 18.1. The van der Waals surface area contributed by atoms with Gasteiger partial charge in [0.1, 0.15) is 6.04 Å². The van der Waals surface area contributed by atoms with Crippen LogP contribution in [0.2, 0.25) is 0 Å². The molecule has 0 aromatic heterocycles. The second-order valence-corrected chi connectivity index (χ2v) is 7.97. The van der Waals surface area contributed by atoms with Crippen LogP contribution in [0.3, 0.4) is 0 Å². The predicted octanol–water partition coefficient (Wildman–Crippen LogP) is 3.93. The summed E-state index contributed by atoms with van der Waals surface area (Å²) in [7, 11) is 0. The number of nitriles is 1. The van der Waals surface area contributed by atoms with E-state index in [1.807, 2.05) is 97.1 Å². The Kier molecular flexibility index (Phi) is 7.41. The van der Waals surface area contributed by atoms with Gasteiger partial charge in [-0.2, -0.15) is 5.26 Å². The summed E-state index contributed by atoms with van der Waals surface area (Å²) in [6.45, 7) is 1.73. The van der Waals surface area contributed by atoms with Crippen LogP contribution in [0.4, 0.5) is 0 Å². The number of primary amides is 1. The molecule has 0 radical (unpaired) electrons. The summed E-state index contributed by atoms with van der Waals surface area (Å²) in [4.78, 5) is 25.4. The predicted molar refractivity (Wildman–Crippen MR) is 124 cm³/mol. The fraction of sp³-hybridized carbons (Fsp3) is 0.222. The molecular formula is C27H27N3O2. The average molecular weight is 426 g/mol. The number of carbonyl (C=O) groups excluding carboxylic acids is 2. The van der Waals surface area contributed by atoms with Crippen molar-refractivity contribution >= 4 is 11.8 Å². The molecule has 0 aliphatic carbocycles. The average Bonchev–Trinajstić information content (AvgIpc) is 2.82. The molecule has 0 aliphatic rings. The number of nitrogens with one attached hydrogen (secondary N) is 1. The third-order valence-corrected chi connectivity index (χ3v) is 5.83. The number of nitrogens with zero attached hydrogens (tertiary/aromatic N) is 1. The minimum atomic E-state index is -0.915. The van der Waals surface area contributed by atoms with Crippen LogP contribution in [0.1, 0.15) is 36.5 Å². The molecule has 3 aromatic carbocycles. The summed E-state index contributed by atoms with van der Waals surface area (Å²) in [5, 5.41) is 11.8. The molecule has 5 nitrogen and oxygen atoms in total. The Morgan fingerprint density at radius 1 is 0.875 bits per heavy atom. The van der Waals surface area contributed by atoms with Gasteiger partial charge in [0, 0.05) is 12.8 Å². The van der Waals surface area contributed by atoms with Crippen LogP contribution in [0.15, 0.2) is 91.0 Å². The fourth-order valence-corrected chi connectivity index (χ4v) is 4.20. The zero-order valence-corrected chi connectivity index (χ0v) is 18.1. The van der Waals surface area contributed by atoms with E-state index in [1.54, 1.807) is 6.92 Å². The Labute approximate surface area is 188 Å². The van der Waals surface area contributed by atoms with Crippen LogP contribution in [0.25, 0.3) is 0 Å². The number of hydrogen-bond donors (Lipinski definition) is 2. The number of nitrogens with two attached hydrogens (primary N) is 1. The van der Waals surface area contributed by atoms with Crippen molar-refractivity contribution < 1.29 is 9.59 Å². The molecule has 0 saturated heterocycles. The maximum absolute atomic E-state index is 13.4. The maximum Gasteiger partial charge on any atom is 0.240 e. The Morgan fingerprint density at radius 2 is 1.28 bits per heavy atom. The van der Waals surface area contributed by atoms with Gasteiger partial charge in [-0.3, -0.25) is 9.59 Å². The van der Waals surface area contributed by atoms with Gasteiger partial charge in [-0.15, -0.1) is 0 Å². The first-order valence-electron chi connectivity index (χ1n) is 10.6. The Balaban J connectivity index is 2.10. The first kappa shape index (κ1) is 22.8. The van der Waals surface area contributed by atoms with Crippen molar-refractivity contribution in [2.75, 3.05) is 0 Å². The molecule has 2 amide bonds. The first-order chi connectivity index (χ1) is 15.5. The van der Waals surface area contributed by atoms with E-state index in [0.29, 0.717) is 0 Å². The fourth-order valence-electron chi connectivity index (χ4n) is 4.20. The van der Waals surface area contributed by atoms with E-state index in [9.17, 15) is 9.59 Å². The third kappa shape index (κ3) is 4.87. The van der Waals surface area contributed by atoms with Crippen molar-refractivity contribution in [2.24, 2.45) is 11.7 Å². The van der Waals surface area contributed by atoms with Gasteiger partial charge < -0.3 is 11.1 Å². The van der Waals surface area contributed by atoms with Crippen molar-refractivity contribution in [1.29, 1.82) is 5.26 Å². The zero-order chi connectivity index (χ0) is 23.0. The van der Waals surface area contributed by atoms with Crippen LogP contribution in [0.5, 0.6) is 0 Å². The largest absolute Gasteiger partial charge is 0.368 e. The molecular weight excluding hydrogens is 398 g/mol. The van der Waals surface area contributed by atoms with Gasteiger partial charge in [-0.1, -0.05) is 97.9 Å². The number of benzene rings is 3. The van der Waals surface area contributed by atoms with E-state index in [4.69, 9.17) is 11.0 Å². The molecule has 2 atom stereocenters. The maximum atomic E-state index is 13.4. The van der Waals surface area contributed by atoms with Gasteiger partial charge in [0.15, 0.2) is 0 Å². The molecule has 0 aliphatic heterocycles. The molecule has 0 saturated carbocycles. The SMILES string of the molecule is C[C@@H](CC#N)[C@@H](NC(=O)CC(c1ccccc1)(c1ccccc1)c1ccccc1)C(N)=O. The lowest BCUT2D eigenvalue weighted by Crippen LogP contribution is -2.50. The highest BCUT2D eigenvalue weighted by atomic mass is 16.2. The van der Waals surface area contributed by atoms with Crippen molar-refractivity contribution in [3.63, 3.8) is 0 Å². The molecule has 3 N–H and O–H groups in total. The van der Waals surface area contributed by atoms with Gasteiger partial charge in [0.25, 0.3) is 0 Å².